The molecule has 1 aliphatic heterocycles. The predicted octanol–water partition coefficient (Wildman–Crippen LogP) is 1.08. The van der Waals surface area contributed by atoms with Gasteiger partial charge in [0.1, 0.15) is 4.99 Å². The zero-order chi connectivity index (χ0) is 15.6. The Bertz CT molecular complexity index is 614. The van der Waals surface area contributed by atoms with Gasteiger partial charge in [0.2, 0.25) is 10.0 Å². The van der Waals surface area contributed by atoms with Gasteiger partial charge in [0, 0.05) is 17.6 Å². The number of likely N-dealkylation sites (tertiary alicyclic amines) is 1. The van der Waals surface area contributed by atoms with E-state index in [0.717, 1.165) is 19.4 Å². The molecule has 21 heavy (non-hydrogen) atoms. The van der Waals surface area contributed by atoms with Gasteiger partial charge in [0.15, 0.2) is 0 Å². The molecule has 1 saturated heterocycles. The predicted molar refractivity (Wildman–Crippen MR) is 87.8 cm³/mol. The smallest absolute Gasteiger partial charge is 0.240 e. The summed E-state index contributed by atoms with van der Waals surface area (Å²) in [6.45, 7) is 3.01. The highest BCUT2D eigenvalue weighted by Crippen LogP contribution is 2.18. The summed E-state index contributed by atoms with van der Waals surface area (Å²) in [7, 11) is -1.44. The molecular formula is C14H21N3O2S2. The van der Waals surface area contributed by atoms with E-state index in [4.69, 9.17) is 18.0 Å². The second-order valence-corrected chi connectivity index (χ2v) is 7.71. The largest absolute Gasteiger partial charge is 0.389 e. The van der Waals surface area contributed by atoms with Crippen LogP contribution in [-0.4, -0.2) is 44.0 Å². The van der Waals surface area contributed by atoms with Crippen molar-refractivity contribution >= 4 is 27.2 Å². The van der Waals surface area contributed by atoms with Crippen LogP contribution in [0.1, 0.15) is 25.3 Å². The Labute approximate surface area is 131 Å². The third-order valence-electron chi connectivity index (χ3n) is 3.98. The van der Waals surface area contributed by atoms with Gasteiger partial charge in [0.25, 0.3) is 0 Å². The number of rotatable bonds is 4. The normalized spacial score (nSPS) is 23.9. The average Bonchev–Trinajstić information content (AvgIpc) is 2.43. The van der Waals surface area contributed by atoms with E-state index in [2.05, 4.69) is 23.6 Å². The SMILES string of the molecule is CC1CC(NS(=O)(=O)c2ccc(C(N)=S)cc2)CCN1C. The lowest BCUT2D eigenvalue weighted by molar-refractivity contribution is 0.178. The highest BCUT2D eigenvalue weighted by molar-refractivity contribution is 7.89. The van der Waals surface area contributed by atoms with Crippen molar-refractivity contribution in [1.82, 2.24) is 9.62 Å². The highest BCUT2D eigenvalue weighted by atomic mass is 32.2. The Kier molecular flexibility index (Phi) is 4.98. The number of nitrogens with zero attached hydrogens (tertiary/aromatic N) is 1. The summed E-state index contributed by atoms with van der Waals surface area (Å²) in [4.78, 5) is 2.74. The van der Waals surface area contributed by atoms with E-state index in [0.29, 0.717) is 11.6 Å². The molecule has 1 fully saturated rings. The molecule has 0 spiro atoms. The van der Waals surface area contributed by atoms with Crippen LogP contribution < -0.4 is 10.5 Å². The molecule has 5 nitrogen and oxygen atoms in total. The van der Waals surface area contributed by atoms with Crippen LogP contribution in [0, 0.1) is 0 Å². The number of hydrogen-bond donors (Lipinski definition) is 2. The van der Waals surface area contributed by atoms with Gasteiger partial charge in [-0.05, 0) is 45.5 Å². The van der Waals surface area contributed by atoms with Gasteiger partial charge in [-0.1, -0.05) is 24.4 Å². The van der Waals surface area contributed by atoms with Gasteiger partial charge >= 0.3 is 0 Å². The first-order valence-electron chi connectivity index (χ1n) is 6.92. The summed E-state index contributed by atoms with van der Waals surface area (Å²) in [5.74, 6) is 0. The third-order valence-corrected chi connectivity index (χ3v) is 5.75. The van der Waals surface area contributed by atoms with E-state index in [-0.39, 0.29) is 15.9 Å². The number of sulfonamides is 1. The summed E-state index contributed by atoms with van der Waals surface area (Å²) >= 11 is 4.86. The Hall–Kier alpha value is -1.02. The maximum absolute atomic E-state index is 12.4. The number of thiocarbonyl (C=S) groups is 1. The van der Waals surface area contributed by atoms with E-state index in [1.165, 1.54) is 12.1 Å². The lowest BCUT2D eigenvalue weighted by Gasteiger charge is -2.35. The van der Waals surface area contributed by atoms with E-state index in [1.807, 2.05) is 0 Å². The third kappa shape index (κ3) is 4.00. The summed E-state index contributed by atoms with van der Waals surface area (Å²) in [6, 6.07) is 6.70. The van der Waals surface area contributed by atoms with Crippen molar-refractivity contribution in [2.45, 2.75) is 36.7 Å². The molecule has 1 heterocycles. The van der Waals surface area contributed by atoms with Gasteiger partial charge in [-0.15, -0.1) is 0 Å². The van der Waals surface area contributed by atoms with Gasteiger partial charge < -0.3 is 10.6 Å². The number of nitrogens with two attached hydrogens (primary N) is 1. The zero-order valence-corrected chi connectivity index (χ0v) is 13.9. The lowest BCUT2D eigenvalue weighted by atomic mass is 10.0. The van der Waals surface area contributed by atoms with Crippen LogP contribution in [0.3, 0.4) is 0 Å². The van der Waals surface area contributed by atoms with Crippen molar-refractivity contribution in [2.24, 2.45) is 5.73 Å². The lowest BCUT2D eigenvalue weighted by Crippen LogP contribution is -2.47. The van der Waals surface area contributed by atoms with Gasteiger partial charge in [-0.3, -0.25) is 0 Å². The summed E-state index contributed by atoms with van der Waals surface area (Å²) < 4.78 is 27.6. The Morgan fingerprint density at radius 2 is 2.00 bits per heavy atom. The van der Waals surface area contributed by atoms with E-state index in [9.17, 15) is 8.42 Å². The van der Waals surface area contributed by atoms with Crippen molar-refractivity contribution in [3.05, 3.63) is 29.8 Å². The standard InChI is InChI=1S/C14H21N3O2S2/c1-10-9-12(7-8-17(10)2)16-21(18,19)13-5-3-11(4-6-13)14(15)20/h3-6,10,12,16H,7-9H2,1-2H3,(H2,15,20). The van der Waals surface area contributed by atoms with Crippen molar-refractivity contribution in [3.8, 4) is 0 Å². The molecule has 116 valence electrons. The second-order valence-electron chi connectivity index (χ2n) is 5.56. The fourth-order valence-electron chi connectivity index (χ4n) is 2.48. The molecule has 1 aliphatic rings. The number of piperidine rings is 1. The molecule has 0 radical (unpaired) electrons. The molecule has 1 aromatic rings. The van der Waals surface area contributed by atoms with E-state index in [1.54, 1.807) is 12.1 Å². The number of benzene rings is 1. The minimum Gasteiger partial charge on any atom is -0.389 e. The van der Waals surface area contributed by atoms with Crippen LogP contribution in [0.25, 0.3) is 0 Å². The van der Waals surface area contributed by atoms with E-state index < -0.39 is 10.0 Å². The fourth-order valence-corrected chi connectivity index (χ4v) is 3.90. The van der Waals surface area contributed by atoms with Crippen molar-refractivity contribution in [2.75, 3.05) is 13.6 Å². The molecule has 2 rings (SSSR count). The molecule has 2 atom stereocenters. The summed E-state index contributed by atoms with van der Waals surface area (Å²) in [6.07, 6.45) is 1.64. The first-order valence-corrected chi connectivity index (χ1v) is 8.81. The molecule has 0 amide bonds. The van der Waals surface area contributed by atoms with Crippen molar-refractivity contribution < 1.29 is 8.42 Å². The summed E-state index contributed by atoms with van der Waals surface area (Å²) in [5.41, 5.74) is 6.18. The first kappa shape index (κ1) is 16.4. The molecule has 0 aliphatic carbocycles. The monoisotopic (exact) mass is 327 g/mol. The zero-order valence-electron chi connectivity index (χ0n) is 12.2. The topological polar surface area (TPSA) is 75.4 Å². The molecule has 2 unspecified atom stereocenters. The second kappa shape index (κ2) is 6.39. The molecule has 0 bridgehead atoms. The molecule has 7 heteroatoms. The fraction of sp³-hybridized carbons (Fsp3) is 0.500. The number of hydrogen-bond acceptors (Lipinski definition) is 4. The van der Waals surface area contributed by atoms with Crippen molar-refractivity contribution in [3.63, 3.8) is 0 Å². The maximum atomic E-state index is 12.4. The minimum absolute atomic E-state index is 0.0172. The summed E-state index contributed by atoms with van der Waals surface area (Å²) in [5, 5.41) is 0. The number of nitrogens with one attached hydrogen (secondary N) is 1. The van der Waals surface area contributed by atoms with Gasteiger partial charge in [-0.25, -0.2) is 13.1 Å². The molecule has 3 N–H and O–H groups in total. The van der Waals surface area contributed by atoms with Crippen LogP contribution >= 0.6 is 12.2 Å². The van der Waals surface area contributed by atoms with Gasteiger partial charge in [0.05, 0.1) is 4.90 Å². The Balaban J connectivity index is 2.09. The highest BCUT2D eigenvalue weighted by Gasteiger charge is 2.27. The van der Waals surface area contributed by atoms with Crippen LogP contribution in [0.5, 0.6) is 0 Å². The van der Waals surface area contributed by atoms with Crippen LogP contribution in [0.15, 0.2) is 29.2 Å². The quantitative estimate of drug-likeness (QED) is 0.810. The van der Waals surface area contributed by atoms with Crippen molar-refractivity contribution in [1.29, 1.82) is 0 Å². The molecule has 0 saturated carbocycles. The molecule has 0 aromatic heterocycles. The van der Waals surface area contributed by atoms with Crippen LogP contribution in [0.4, 0.5) is 0 Å². The van der Waals surface area contributed by atoms with Crippen LogP contribution in [-0.2, 0) is 10.0 Å². The minimum atomic E-state index is -3.50. The molecular weight excluding hydrogens is 306 g/mol. The van der Waals surface area contributed by atoms with Gasteiger partial charge in [-0.2, -0.15) is 0 Å². The Morgan fingerprint density at radius 1 is 1.38 bits per heavy atom. The average molecular weight is 327 g/mol. The van der Waals surface area contributed by atoms with E-state index >= 15 is 0 Å². The molecule has 1 aromatic carbocycles. The Morgan fingerprint density at radius 3 is 2.52 bits per heavy atom. The first-order chi connectivity index (χ1) is 9.79. The van der Waals surface area contributed by atoms with Crippen LogP contribution in [0.2, 0.25) is 0 Å². The maximum Gasteiger partial charge on any atom is 0.240 e.